The van der Waals surface area contributed by atoms with Gasteiger partial charge in [-0.25, -0.2) is 4.98 Å². The summed E-state index contributed by atoms with van der Waals surface area (Å²) < 4.78 is 10.7. The highest BCUT2D eigenvalue weighted by molar-refractivity contribution is 5.34. The summed E-state index contributed by atoms with van der Waals surface area (Å²) >= 11 is 0. The number of aromatic nitrogens is 1. The summed E-state index contributed by atoms with van der Waals surface area (Å²) in [4.78, 5) is 4.15. The van der Waals surface area contributed by atoms with Crippen molar-refractivity contribution in [2.75, 3.05) is 7.11 Å². The third-order valence-electron chi connectivity index (χ3n) is 2.57. The van der Waals surface area contributed by atoms with Gasteiger partial charge in [-0.1, -0.05) is 0 Å². The highest BCUT2D eigenvalue weighted by atomic mass is 16.5. The Labute approximate surface area is 106 Å². The number of pyridine rings is 1. The van der Waals surface area contributed by atoms with Crippen LogP contribution in [0.1, 0.15) is 18.5 Å². The fourth-order valence-electron chi connectivity index (χ4n) is 1.53. The smallest absolute Gasteiger partial charge is 0.219 e. The van der Waals surface area contributed by atoms with Gasteiger partial charge in [0.2, 0.25) is 5.88 Å². The van der Waals surface area contributed by atoms with Crippen LogP contribution in [0.2, 0.25) is 0 Å². The molecule has 0 spiro atoms. The average Bonchev–Trinajstić information content (AvgIpc) is 2.40. The van der Waals surface area contributed by atoms with Crippen LogP contribution >= 0.6 is 0 Å². The van der Waals surface area contributed by atoms with E-state index in [1.54, 1.807) is 13.3 Å². The van der Waals surface area contributed by atoms with E-state index in [-0.39, 0.29) is 6.04 Å². The van der Waals surface area contributed by atoms with Crippen LogP contribution in [0.4, 0.5) is 0 Å². The van der Waals surface area contributed by atoms with Gasteiger partial charge < -0.3 is 15.2 Å². The zero-order valence-corrected chi connectivity index (χ0v) is 10.5. The Morgan fingerprint density at radius 1 is 1.11 bits per heavy atom. The molecule has 0 aliphatic heterocycles. The fraction of sp³-hybridized carbons (Fsp3) is 0.214. The molecule has 2 N–H and O–H groups in total. The van der Waals surface area contributed by atoms with Gasteiger partial charge in [-0.2, -0.15) is 0 Å². The standard InChI is InChI=1S/C14H16N2O2/c1-10(15)11-7-8-16-14(9-11)18-13-5-3-12(17-2)4-6-13/h3-10H,15H2,1-2H3/t10-/m1/s1. The minimum Gasteiger partial charge on any atom is -0.497 e. The maximum Gasteiger partial charge on any atom is 0.219 e. The summed E-state index contributed by atoms with van der Waals surface area (Å²) in [5.41, 5.74) is 6.81. The molecule has 1 aromatic heterocycles. The molecule has 0 bridgehead atoms. The number of methoxy groups -OCH3 is 1. The average molecular weight is 244 g/mol. The zero-order chi connectivity index (χ0) is 13.0. The van der Waals surface area contributed by atoms with Crippen molar-refractivity contribution in [1.29, 1.82) is 0 Å². The molecule has 0 fully saturated rings. The molecular formula is C14H16N2O2. The molecule has 0 amide bonds. The second-order valence-electron chi connectivity index (χ2n) is 3.99. The molecule has 0 radical (unpaired) electrons. The van der Waals surface area contributed by atoms with Gasteiger partial charge >= 0.3 is 0 Å². The zero-order valence-electron chi connectivity index (χ0n) is 10.5. The molecule has 1 heterocycles. The van der Waals surface area contributed by atoms with E-state index in [1.165, 1.54) is 0 Å². The van der Waals surface area contributed by atoms with E-state index >= 15 is 0 Å². The van der Waals surface area contributed by atoms with Crippen molar-refractivity contribution in [3.63, 3.8) is 0 Å². The Bertz CT molecular complexity index is 509. The molecule has 1 atom stereocenters. The van der Waals surface area contributed by atoms with E-state index in [1.807, 2.05) is 43.3 Å². The van der Waals surface area contributed by atoms with Crippen molar-refractivity contribution in [2.45, 2.75) is 13.0 Å². The third kappa shape index (κ3) is 2.99. The monoisotopic (exact) mass is 244 g/mol. The van der Waals surface area contributed by atoms with Crippen LogP contribution in [0.3, 0.4) is 0 Å². The van der Waals surface area contributed by atoms with Crippen LogP contribution in [0, 0.1) is 0 Å². The first-order chi connectivity index (χ1) is 8.69. The number of nitrogens with two attached hydrogens (primary N) is 1. The molecular weight excluding hydrogens is 228 g/mol. The van der Waals surface area contributed by atoms with E-state index in [4.69, 9.17) is 15.2 Å². The van der Waals surface area contributed by atoms with Crippen molar-refractivity contribution in [3.05, 3.63) is 48.2 Å². The molecule has 94 valence electrons. The predicted molar refractivity (Wildman–Crippen MR) is 69.9 cm³/mol. The van der Waals surface area contributed by atoms with Gasteiger partial charge in [-0.15, -0.1) is 0 Å². The molecule has 0 aliphatic rings. The summed E-state index contributed by atoms with van der Waals surface area (Å²) in [5, 5.41) is 0. The molecule has 0 aliphatic carbocycles. The number of hydrogen-bond donors (Lipinski definition) is 1. The van der Waals surface area contributed by atoms with Gasteiger partial charge in [0.1, 0.15) is 11.5 Å². The summed E-state index contributed by atoms with van der Waals surface area (Å²) in [6, 6.07) is 11.0. The SMILES string of the molecule is COc1ccc(Oc2cc([C@@H](C)N)ccn2)cc1. The number of benzene rings is 1. The van der Waals surface area contributed by atoms with E-state index in [0.29, 0.717) is 11.6 Å². The van der Waals surface area contributed by atoms with E-state index in [0.717, 1.165) is 11.3 Å². The second-order valence-corrected chi connectivity index (χ2v) is 3.99. The van der Waals surface area contributed by atoms with Crippen LogP contribution in [0.5, 0.6) is 17.4 Å². The molecule has 0 saturated heterocycles. The number of hydrogen-bond acceptors (Lipinski definition) is 4. The van der Waals surface area contributed by atoms with Crippen molar-refractivity contribution >= 4 is 0 Å². The Balaban J connectivity index is 2.15. The Kier molecular flexibility index (Phi) is 3.79. The molecule has 2 rings (SSSR count). The number of nitrogens with zero attached hydrogens (tertiary/aromatic N) is 1. The van der Waals surface area contributed by atoms with E-state index in [9.17, 15) is 0 Å². The van der Waals surface area contributed by atoms with Crippen LogP contribution in [-0.2, 0) is 0 Å². The maximum absolute atomic E-state index is 5.81. The van der Waals surface area contributed by atoms with E-state index < -0.39 is 0 Å². The minimum atomic E-state index is -0.0359. The quantitative estimate of drug-likeness (QED) is 0.898. The molecule has 0 unspecified atom stereocenters. The van der Waals surface area contributed by atoms with Gasteiger partial charge in [0.05, 0.1) is 7.11 Å². The second kappa shape index (κ2) is 5.51. The lowest BCUT2D eigenvalue weighted by Gasteiger charge is -2.09. The lowest BCUT2D eigenvalue weighted by atomic mass is 10.1. The Morgan fingerprint density at radius 2 is 1.78 bits per heavy atom. The number of rotatable bonds is 4. The van der Waals surface area contributed by atoms with Gasteiger partial charge in [-0.3, -0.25) is 0 Å². The van der Waals surface area contributed by atoms with Crippen LogP contribution < -0.4 is 15.2 Å². The molecule has 1 aromatic carbocycles. The Hall–Kier alpha value is -2.07. The highest BCUT2D eigenvalue weighted by Crippen LogP contribution is 2.23. The fourth-order valence-corrected chi connectivity index (χ4v) is 1.53. The highest BCUT2D eigenvalue weighted by Gasteiger charge is 2.03. The third-order valence-corrected chi connectivity index (χ3v) is 2.57. The summed E-state index contributed by atoms with van der Waals surface area (Å²) in [5.74, 6) is 2.04. The molecule has 4 heteroatoms. The summed E-state index contributed by atoms with van der Waals surface area (Å²) in [6.45, 7) is 1.92. The van der Waals surface area contributed by atoms with Gasteiger partial charge in [-0.05, 0) is 42.8 Å². The van der Waals surface area contributed by atoms with Gasteiger partial charge in [0.15, 0.2) is 0 Å². The van der Waals surface area contributed by atoms with Crippen molar-refractivity contribution in [1.82, 2.24) is 4.98 Å². The van der Waals surface area contributed by atoms with Crippen molar-refractivity contribution in [3.8, 4) is 17.4 Å². The normalized spacial score (nSPS) is 11.9. The summed E-state index contributed by atoms with van der Waals surface area (Å²) in [7, 11) is 1.63. The molecule has 18 heavy (non-hydrogen) atoms. The largest absolute Gasteiger partial charge is 0.497 e. The molecule has 0 saturated carbocycles. The van der Waals surface area contributed by atoms with Gasteiger partial charge in [0.25, 0.3) is 0 Å². The molecule has 4 nitrogen and oxygen atoms in total. The van der Waals surface area contributed by atoms with Crippen molar-refractivity contribution < 1.29 is 9.47 Å². The van der Waals surface area contributed by atoms with Crippen LogP contribution in [-0.4, -0.2) is 12.1 Å². The lowest BCUT2D eigenvalue weighted by Crippen LogP contribution is -2.05. The van der Waals surface area contributed by atoms with Crippen molar-refractivity contribution in [2.24, 2.45) is 5.73 Å². The van der Waals surface area contributed by atoms with E-state index in [2.05, 4.69) is 4.98 Å². The lowest BCUT2D eigenvalue weighted by molar-refractivity contribution is 0.412. The summed E-state index contributed by atoms with van der Waals surface area (Å²) in [6.07, 6.45) is 1.69. The maximum atomic E-state index is 5.81. The topological polar surface area (TPSA) is 57.4 Å². The number of ether oxygens (including phenoxy) is 2. The predicted octanol–water partition coefficient (Wildman–Crippen LogP) is 2.90. The first kappa shape index (κ1) is 12.4. The van der Waals surface area contributed by atoms with Crippen LogP contribution in [0.25, 0.3) is 0 Å². The first-order valence-corrected chi connectivity index (χ1v) is 5.72. The molecule has 2 aromatic rings. The van der Waals surface area contributed by atoms with Gasteiger partial charge in [0, 0.05) is 18.3 Å². The van der Waals surface area contributed by atoms with Crippen LogP contribution in [0.15, 0.2) is 42.6 Å². The Morgan fingerprint density at radius 3 is 2.39 bits per heavy atom. The minimum absolute atomic E-state index is 0.0359. The first-order valence-electron chi connectivity index (χ1n) is 5.72.